The van der Waals surface area contributed by atoms with Crippen LogP contribution in [0.1, 0.15) is 26.7 Å². The summed E-state index contributed by atoms with van der Waals surface area (Å²) in [4.78, 5) is 14.9. The van der Waals surface area contributed by atoms with Crippen LogP contribution in [-0.2, 0) is 0 Å². The molecule has 1 atom stereocenters. The Morgan fingerprint density at radius 3 is 2.95 bits per heavy atom. The number of nitrogens with zero attached hydrogens (tertiary/aromatic N) is 2. The number of aromatic nitrogens is 1. The minimum atomic E-state index is -0.889. The van der Waals surface area contributed by atoms with E-state index >= 15 is 0 Å². The lowest BCUT2D eigenvalue weighted by Gasteiger charge is -2.23. The molecule has 0 saturated carbocycles. The molecule has 0 bridgehead atoms. The summed E-state index contributed by atoms with van der Waals surface area (Å²) < 4.78 is 0.780. The SMILES string of the molecule is CCCC(C)(O)CNc1ccc2scnc2c1[N+](=O)[O-]. The van der Waals surface area contributed by atoms with Crippen molar-refractivity contribution in [3.8, 4) is 0 Å². The molecule has 1 unspecified atom stereocenters. The molecule has 2 aromatic rings. The van der Waals surface area contributed by atoms with Gasteiger partial charge in [0, 0.05) is 6.54 Å². The van der Waals surface area contributed by atoms with Crippen molar-refractivity contribution in [3.05, 3.63) is 27.8 Å². The third kappa shape index (κ3) is 3.05. The van der Waals surface area contributed by atoms with E-state index in [-0.39, 0.29) is 12.2 Å². The fraction of sp³-hybridized carbons (Fsp3) is 0.462. The molecule has 2 rings (SSSR count). The summed E-state index contributed by atoms with van der Waals surface area (Å²) in [5.41, 5.74) is 1.45. The first kappa shape index (κ1) is 14.7. The van der Waals surface area contributed by atoms with Gasteiger partial charge < -0.3 is 10.4 Å². The third-order valence-corrected chi connectivity index (χ3v) is 3.90. The highest BCUT2D eigenvalue weighted by molar-refractivity contribution is 7.16. The highest BCUT2D eigenvalue weighted by Gasteiger charge is 2.24. The minimum absolute atomic E-state index is 0.0314. The number of rotatable bonds is 6. The second-order valence-corrected chi connectivity index (χ2v) is 5.90. The summed E-state index contributed by atoms with van der Waals surface area (Å²) in [7, 11) is 0. The fourth-order valence-corrected chi connectivity index (χ4v) is 2.84. The molecule has 0 aliphatic carbocycles. The Labute approximate surface area is 120 Å². The van der Waals surface area contributed by atoms with Gasteiger partial charge in [-0.05, 0) is 25.5 Å². The monoisotopic (exact) mass is 295 g/mol. The third-order valence-electron chi connectivity index (χ3n) is 3.11. The number of nitro groups is 1. The van der Waals surface area contributed by atoms with E-state index in [1.165, 1.54) is 11.3 Å². The van der Waals surface area contributed by atoms with Crippen molar-refractivity contribution in [2.75, 3.05) is 11.9 Å². The molecule has 20 heavy (non-hydrogen) atoms. The summed E-state index contributed by atoms with van der Waals surface area (Å²) in [6.07, 6.45) is 1.48. The van der Waals surface area contributed by atoms with Crippen molar-refractivity contribution in [2.24, 2.45) is 0 Å². The van der Waals surface area contributed by atoms with Crippen molar-refractivity contribution >= 4 is 32.9 Å². The molecule has 0 aliphatic heterocycles. The largest absolute Gasteiger partial charge is 0.388 e. The van der Waals surface area contributed by atoms with E-state index < -0.39 is 10.5 Å². The second-order valence-electron chi connectivity index (χ2n) is 5.02. The number of nitrogens with one attached hydrogen (secondary N) is 1. The van der Waals surface area contributed by atoms with E-state index in [4.69, 9.17) is 0 Å². The number of hydrogen-bond acceptors (Lipinski definition) is 6. The molecule has 0 spiro atoms. The fourth-order valence-electron chi connectivity index (χ4n) is 2.16. The van der Waals surface area contributed by atoms with Gasteiger partial charge in [-0.3, -0.25) is 10.1 Å². The van der Waals surface area contributed by atoms with Gasteiger partial charge in [0.05, 0.1) is 20.7 Å². The van der Waals surface area contributed by atoms with Crippen molar-refractivity contribution < 1.29 is 10.0 Å². The normalized spacial score (nSPS) is 14.2. The summed E-state index contributed by atoms with van der Waals surface area (Å²) in [6, 6.07) is 3.47. The van der Waals surface area contributed by atoms with Crippen LogP contribution in [0.5, 0.6) is 0 Å². The number of nitro benzene ring substituents is 1. The lowest BCUT2D eigenvalue weighted by atomic mass is 10.0. The smallest absolute Gasteiger partial charge is 0.319 e. The van der Waals surface area contributed by atoms with E-state index in [2.05, 4.69) is 10.3 Å². The summed E-state index contributed by atoms with van der Waals surface area (Å²) in [5, 5.41) is 24.4. The highest BCUT2D eigenvalue weighted by atomic mass is 32.1. The maximum atomic E-state index is 11.3. The summed E-state index contributed by atoms with van der Waals surface area (Å²) >= 11 is 1.37. The van der Waals surface area contributed by atoms with E-state index in [0.29, 0.717) is 17.6 Å². The molecule has 1 aromatic heterocycles. The zero-order valence-corrected chi connectivity index (χ0v) is 12.2. The maximum absolute atomic E-state index is 11.3. The molecular weight excluding hydrogens is 278 g/mol. The average Bonchev–Trinajstić information content (AvgIpc) is 2.83. The second kappa shape index (κ2) is 5.72. The van der Waals surface area contributed by atoms with Crippen LogP contribution in [0, 0.1) is 10.1 Å². The molecular formula is C13H17N3O3S. The quantitative estimate of drug-likeness (QED) is 0.631. The zero-order valence-electron chi connectivity index (χ0n) is 11.4. The van der Waals surface area contributed by atoms with Gasteiger partial charge in [0.1, 0.15) is 5.69 Å². The Hall–Kier alpha value is -1.73. The van der Waals surface area contributed by atoms with Crippen LogP contribution >= 0.6 is 11.3 Å². The van der Waals surface area contributed by atoms with E-state index in [1.54, 1.807) is 24.6 Å². The van der Waals surface area contributed by atoms with E-state index in [0.717, 1.165) is 11.1 Å². The predicted molar refractivity (Wildman–Crippen MR) is 80.3 cm³/mol. The molecule has 108 valence electrons. The van der Waals surface area contributed by atoms with Gasteiger partial charge in [0.2, 0.25) is 0 Å². The molecule has 2 N–H and O–H groups in total. The first-order valence-corrected chi connectivity index (χ1v) is 7.29. The van der Waals surface area contributed by atoms with Crippen LogP contribution in [0.2, 0.25) is 0 Å². The summed E-state index contributed by atoms with van der Waals surface area (Å²) in [6.45, 7) is 3.96. The van der Waals surface area contributed by atoms with Gasteiger partial charge in [-0.15, -0.1) is 11.3 Å². The lowest BCUT2D eigenvalue weighted by Crippen LogP contribution is -2.33. The van der Waals surface area contributed by atoms with Crippen LogP contribution in [0.15, 0.2) is 17.6 Å². The van der Waals surface area contributed by atoms with Crippen molar-refractivity contribution in [3.63, 3.8) is 0 Å². The van der Waals surface area contributed by atoms with Gasteiger partial charge in [0.15, 0.2) is 5.52 Å². The lowest BCUT2D eigenvalue weighted by molar-refractivity contribution is -0.382. The molecule has 0 radical (unpaired) electrons. The maximum Gasteiger partial charge on any atom is 0.319 e. The van der Waals surface area contributed by atoms with Crippen molar-refractivity contribution in [1.82, 2.24) is 4.98 Å². The Morgan fingerprint density at radius 1 is 1.55 bits per heavy atom. The molecule has 7 heteroatoms. The van der Waals surface area contributed by atoms with Gasteiger partial charge in [-0.25, -0.2) is 4.98 Å². The van der Waals surface area contributed by atoms with Crippen molar-refractivity contribution in [1.29, 1.82) is 0 Å². The Balaban J connectivity index is 2.30. The first-order chi connectivity index (χ1) is 9.44. The molecule has 1 heterocycles. The molecule has 0 amide bonds. The van der Waals surface area contributed by atoms with Crippen molar-refractivity contribution in [2.45, 2.75) is 32.3 Å². The van der Waals surface area contributed by atoms with Crippen LogP contribution in [-0.4, -0.2) is 27.2 Å². The van der Waals surface area contributed by atoms with Crippen LogP contribution in [0.3, 0.4) is 0 Å². The van der Waals surface area contributed by atoms with Gasteiger partial charge in [-0.2, -0.15) is 0 Å². The molecule has 1 aromatic carbocycles. The standard InChI is InChI=1S/C13H17N3O3S/c1-3-6-13(2,17)7-14-9-4-5-10-11(15-8-20-10)12(9)16(18)19/h4-5,8,14,17H,3,6-7H2,1-2H3. The topological polar surface area (TPSA) is 88.3 Å². The minimum Gasteiger partial charge on any atom is -0.388 e. The Kier molecular flexibility index (Phi) is 4.20. The average molecular weight is 295 g/mol. The van der Waals surface area contributed by atoms with Crippen LogP contribution in [0.4, 0.5) is 11.4 Å². The molecule has 0 saturated heterocycles. The summed E-state index contributed by atoms with van der Waals surface area (Å²) in [5.74, 6) is 0. The van der Waals surface area contributed by atoms with E-state index in [1.807, 2.05) is 6.92 Å². The number of fused-ring (bicyclic) bond motifs is 1. The number of anilines is 1. The van der Waals surface area contributed by atoms with Crippen LogP contribution in [0.25, 0.3) is 10.2 Å². The first-order valence-electron chi connectivity index (χ1n) is 6.41. The van der Waals surface area contributed by atoms with E-state index in [9.17, 15) is 15.2 Å². The Morgan fingerprint density at radius 2 is 2.30 bits per heavy atom. The zero-order chi connectivity index (χ0) is 14.8. The molecule has 0 fully saturated rings. The number of hydrogen-bond donors (Lipinski definition) is 2. The van der Waals surface area contributed by atoms with Gasteiger partial charge in [-0.1, -0.05) is 13.3 Å². The number of benzene rings is 1. The highest BCUT2D eigenvalue weighted by Crippen LogP contribution is 2.34. The number of aliphatic hydroxyl groups is 1. The molecule has 6 nitrogen and oxygen atoms in total. The van der Waals surface area contributed by atoms with Gasteiger partial charge in [0.25, 0.3) is 0 Å². The predicted octanol–water partition coefficient (Wildman–Crippen LogP) is 3.17. The van der Waals surface area contributed by atoms with Gasteiger partial charge >= 0.3 is 5.69 Å². The number of thiazole rings is 1. The Bertz CT molecular complexity index is 624. The van der Waals surface area contributed by atoms with Crippen LogP contribution < -0.4 is 5.32 Å². The molecule has 0 aliphatic rings.